The van der Waals surface area contributed by atoms with Gasteiger partial charge in [-0.15, -0.1) is 0 Å². The Morgan fingerprint density at radius 3 is 2.59 bits per heavy atom. The Kier molecular flexibility index (Phi) is 6.80. The molecule has 0 radical (unpaired) electrons. The fourth-order valence-electron chi connectivity index (χ4n) is 3.70. The van der Waals surface area contributed by atoms with Gasteiger partial charge in [0.1, 0.15) is 5.75 Å². The summed E-state index contributed by atoms with van der Waals surface area (Å²) in [6, 6.07) is 20.9. The molecular formula is C27H29ClN4O2. The van der Waals surface area contributed by atoms with Gasteiger partial charge in [0.2, 0.25) is 0 Å². The number of hydrogen-bond acceptors (Lipinski definition) is 3. The van der Waals surface area contributed by atoms with Crippen LogP contribution in [0.25, 0.3) is 16.5 Å². The topological polar surface area (TPSA) is 68.2 Å². The molecule has 1 heterocycles. The molecule has 0 unspecified atom stereocenters. The summed E-state index contributed by atoms with van der Waals surface area (Å²) in [5.74, 6) is 0.768. The Bertz CT molecular complexity index is 1320. The summed E-state index contributed by atoms with van der Waals surface area (Å²) in [6.07, 6.45) is 0. The van der Waals surface area contributed by atoms with Crippen molar-refractivity contribution in [2.45, 2.75) is 39.7 Å². The molecule has 0 spiro atoms. The predicted molar refractivity (Wildman–Crippen MR) is 138 cm³/mol. The lowest BCUT2D eigenvalue weighted by molar-refractivity contribution is 0.251. The maximum absolute atomic E-state index is 12.8. The van der Waals surface area contributed by atoms with Crippen LogP contribution in [-0.4, -0.2) is 22.4 Å². The average Bonchev–Trinajstić information content (AvgIpc) is 3.23. The first kappa shape index (κ1) is 23.6. The maximum atomic E-state index is 12.8. The third-order valence-electron chi connectivity index (χ3n) is 5.45. The van der Waals surface area contributed by atoms with Crippen LogP contribution in [0.15, 0.2) is 66.7 Å². The van der Waals surface area contributed by atoms with Crippen molar-refractivity contribution in [3.63, 3.8) is 0 Å². The first-order valence-electron chi connectivity index (χ1n) is 11.3. The summed E-state index contributed by atoms with van der Waals surface area (Å²) >= 11 is 6.21. The standard InChI is InChI=1S/C27H29ClN4O2/c1-5-34-22-13-12-18-8-6-11-24(23(18)16-22)30-26(33)29-17-21-15-25(27(2,3)4)31-32(21)20-10-7-9-19(28)14-20/h6-16H,5,17H2,1-4H3,(H2,29,30,33). The average molecular weight is 477 g/mol. The molecule has 0 aliphatic rings. The summed E-state index contributed by atoms with van der Waals surface area (Å²) in [6.45, 7) is 9.16. The zero-order chi connectivity index (χ0) is 24.3. The van der Waals surface area contributed by atoms with Gasteiger partial charge in [-0.1, -0.05) is 56.6 Å². The van der Waals surface area contributed by atoms with E-state index in [9.17, 15) is 4.79 Å². The number of fused-ring (bicyclic) bond motifs is 1. The number of rotatable bonds is 6. The molecule has 4 rings (SSSR count). The Morgan fingerprint density at radius 1 is 1.06 bits per heavy atom. The van der Waals surface area contributed by atoms with E-state index in [-0.39, 0.29) is 11.4 Å². The van der Waals surface area contributed by atoms with Gasteiger partial charge in [0.15, 0.2) is 0 Å². The molecule has 176 valence electrons. The second kappa shape index (κ2) is 9.77. The molecule has 0 fully saturated rings. The normalized spacial score (nSPS) is 11.4. The molecule has 4 aromatic rings. The number of amides is 2. The number of aromatic nitrogens is 2. The highest BCUT2D eigenvalue weighted by atomic mass is 35.5. The number of carbonyl (C=O) groups excluding carboxylic acids is 1. The van der Waals surface area contributed by atoms with Crippen LogP contribution in [0, 0.1) is 0 Å². The summed E-state index contributed by atoms with van der Waals surface area (Å²) in [4.78, 5) is 12.8. The fourth-order valence-corrected chi connectivity index (χ4v) is 3.88. The van der Waals surface area contributed by atoms with E-state index < -0.39 is 0 Å². The molecule has 0 saturated heterocycles. The van der Waals surface area contributed by atoms with Crippen molar-refractivity contribution in [3.05, 3.63) is 83.1 Å². The molecular weight excluding hydrogens is 448 g/mol. The van der Waals surface area contributed by atoms with E-state index in [1.54, 1.807) is 0 Å². The number of hydrogen-bond donors (Lipinski definition) is 2. The van der Waals surface area contributed by atoms with Gasteiger partial charge >= 0.3 is 6.03 Å². The molecule has 1 aromatic heterocycles. The van der Waals surface area contributed by atoms with E-state index in [0.717, 1.165) is 39.3 Å². The summed E-state index contributed by atoms with van der Waals surface area (Å²) < 4.78 is 7.46. The third kappa shape index (κ3) is 5.34. The molecule has 2 N–H and O–H groups in total. The van der Waals surface area contributed by atoms with Gasteiger partial charge < -0.3 is 15.4 Å². The van der Waals surface area contributed by atoms with Gasteiger partial charge in [0.25, 0.3) is 0 Å². The summed E-state index contributed by atoms with van der Waals surface area (Å²) in [5.41, 5.74) is 3.22. The van der Waals surface area contributed by atoms with Gasteiger partial charge in [-0.05, 0) is 54.8 Å². The van der Waals surface area contributed by atoms with Crippen LogP contribution in [0.5, 0.6) is 5.75 Å². The zero-order valence-electron chi connectivity index (χ0n) is 19.9. The Hall–Kier alpha value is -3.51. The first-order chi connectivity index (χ1) is 16.2. The largest absolute Gasteiger partial charge is 0.494 e. The number of anilines is 1. The minimum atomic E-state index is -0.300. The van der Waals surface area contributed by atoms with Crippen molar-refractivity contribution < 1.29 is 9.53 Å². The van der Waals surface area contributed by atoms with Crippen molar-refractivity contribution in [2.24, 2.45) is 0 Å². The molecule has 0 aliphatic carbocycles. The van der Waals surface area contributed by atoms with Crippen molar-refractivity contribution in [2.75, 3.05) is 11.9 Å². The highest BCUT2D eigenvalue weighted by Crippen LogP contribution is 2.28. The monoisotopic (exact) mass is 476 g/mol. The van der Waals surface area contributed by atoms with E-state index in [2.05, 4.69) is 31.4 Å². The molecule has 34 heavy (non-hydrogen) atoms. The van der Waals surface area contributed by atoms with Gasteiger partial charge in [-0.2, -0.15) is 5.10 Å². The molecule has 0 atom stereocenters. The van der Waals surface area contributed by atoms with E-state index in [4.69, 9.17) is 21.4 Å². The van der Waals surface area contributed by atoms with Crippen molar-refractivity contribution in [1.29, 1.82) is 0 Å². The van der Waals surface area contributed by atoms with Gasteiger partial charge in [-0.25, -0.2) is 9.48 Å². The molecule has 2 amide bonds. The number of ether oxygens (including phenoxy) is 1. The Morgan fingerprint density at radius 2 is 1.85 bits per heavy atom. The Balaban J connectivity index is 1.55. The Labute approximate surface area is 204 Å². The molecule has 0 saturated carbocycles. The number of urea groups is 1. The second-order valence-electron chi connectivity index (χ2n) is 9.09. The number of carbonyl (C=O) groups is 1. The van der Waals surface area contributed by atoms with E-state index in [1.807, 2.05) is 78.3 Å². The van der Waals surface area contributed by atoms with Crippen LogP contribution in [0.3, 0.4) is 0 Å². The maximum Gasteiger partial charge on any atom is 0.319 e. The third-order valence-corrected chi connectivity index (χ3v) is 5.68. The molecule has 7 heteroatoms. The number of benzene rings is 3. The smallest absolute Gasteiger partial charge is 0.319 e. The molecule has 3 aromatic carbocycles. The highest BCUT2D eigenvalue weighted by molar-refractivity contribution is 6.30. The molecule has 0 aliphatic heterocycles. The number of nitrogens with one attached hydrogen (secondary N) is 2. The van der Waals surface area contributed by atoms with Crippen molar-refractivity contribution in [3.8, 4) is 11.4 Å². The lowest BCUT2D eigenvalue weighted by atomic mass is 9.92. The van der Waals surface area contributed by atoms with E-state index in [1.165, 1.54) is 0 Å². The van der Waals surface area contributed by atoms with Crippen molar-refractivity contribution >= 4 is 34.1 Å². The minimum absolute atomic E-state index is 0.137. The van der Waals surface area contributed by atoms with Gasteiger partial charge in [-0.3, -0.25) is 0 Å². The van der Waals surface area contributed by atoms with Crippen molar-refractivity contribution in [1.82, 2.24) is 15.1 Å². The highest BCUT2D eigenvalue weighted by Gasteiger charge is 2.21. The van der Waals surface area contributed by atoms with E-state index in [0.29, 0.717) is 18.2 Å². The van der Waals surface area contributed by atoms with Gasteiger partial charge in [0, 0.05) is 15.8 Å². The van der Waals surface area contributed by atoms with Crippen LogP contribution in [-0.2, 0) is 12.0 Å². The molecule has 0 bridgehead atoms. The van der Waals surface area contributed by atoms with Crippen LogP contribution in [0.1, 0.15) is 39.1 Å². The zero-order valence-corrected chi connectivity index (χ0v) is 20.6. The van der Waals surface area contributed by atoms with Gasteiger partial charge in [0.05, 0.1) is 35.9 Å². The summed E-state index contributed by atoms with van der Waals surface area (Å²) in [5, 5.41) is 13.3. The lowest BCUT2D eigenvalue weighted by Gasteiger charge is -2.14. The van der Waals surface area contributed by atoms with Crippen LogP contribution >= 0.6 is 11.6 Å². The summed E-state index contributed by atoms with van der Waals surface area (Å²) in [7, 11) is 0. The first-order valence-corrected chi connectivity index (χ1v) is 11.7. The SMILES string of the molecule is CCOc1ccc2cccc(NC(=O)NCc3cc(C(C)(C)C)nn3-c3cccc(Cl)c3)c2c1. The fraction of sp³-hybridized carbons (Fsp3) is 0.259. The van der Waals surface area contributed by atoms with Crippen LogP contribution < -0.4 is 15.4 Å². The number of nitrogens with zero attached hydrogens (tertiary/aromatic N) is 2. The quantitative estimate of drug-likeness (QED) is 0.325. The van der Waals surface area contributed by atoms with Crippen LogP contribution in [0.2, 0.25) is 5.02 Å². The molecule has 6 nitrogen and oxygen atoms in total. The lowest BCUT2D eigenvalue weighted by Crippen LogP contribution is -2.29. The number of halogens is 1. The van der Waals surface area contributed by atoms with Crippen LogP contribution in [0.4, 0.5) is 10.5 Å². The predicted octanol–water partition coefficient (Wildman–Crippen LogP) is 6.70. The van der Waals surface area contributed by atoms with E-state index >= 15 is 0 Å². The second-order valence-corrected chi connectivity index (χ2v) is 9.53. The minimum Gasteiger partial charge on any atom is -0.494 e.